The van der Waals surface area contributed by atoms with Crippen LogP contribution in [0.3, 0.4) is 0 Å². The zero-order valence-electron chi connectivity index (χ0n) is 16.6. The lowest BCUT2D eigenvalue weighted by Crippen LogP contribution is -2.37. The number of aryl methyl sites for hydroxylation is 1. The van der Waals surface area contributed by atoms with Crippen LogP contribution < -0.4 is 10.1 Å². The molecule has 2 atom stereocenters. The lowest BCUT2D eigenvalue weighted by atomic mass is 10.0. The third-order valence-corrected chi connectivity index (χ3v) is 5.17. The number of para-hydroxylation sites is 1. The van der Waals surface area contributed by atoms with E-state index in [2.05, 4.69) is 16.4 Å². The Balaban J connectivity index is 1.45. The molecule has 2 aromatic carbocycles. The van der Waals surface area contributed by atoms with Gasteiger partial charge in [0.15, 0.2) is 6.10 Å². The number of ether oxygens (including phenoxy) is 2. The van der Waals surface area contributed by atoms with Gasteiger partial charge in [-0.15, -0.1) is 0 Å². The molecule has 0 aliphatic carbocycles. The van der Waals surface area contributed by atoms with Gasteiger partial charge in [0, 0.05) is 25.3 Å². The molecule has 1 amide bonds. The monoisotopic (exact) mass is 388 g/mol. The molecule has 3 aromatic rings. The molecule has 0 unspecified atom stereocenters. The van der Waals surface area contributed by atoms with Crippen molar-refractivity contribution in [3.8, 4) is 17.0 Å². The summed E-state index contributed by atoms with van der Waals surface area (Å²) in [5.74, 6) is 0.693. The minimum Gasteiger partial charge on any atom is -0.487 e. The fraction of sp³-hybridized carbons (Fsp3) is 0.250. The second-order valence-electron chi connectivity index (χ2n) is 7.18. The Hall–Kier alpha value is -3.18. The largest absolute Gasteiger partial charge is 0.487 e. The number of nitrogens with one attached hydrogen (secondary N) is 1. The van der Waals surface area contributed by atoms with E-state index in [0.29, 0.717) is 6.54 Å². The summed E-state index contributed by atoms with van der Waals surface area (Å²) >= 11 is 0. The van der Waals surface area contributed by atoms with Crippen LogP contribution in [0, 0.1) is 6.92 Å². The normalized spacial score (nSPS) is 16.0. The Bertz CT molecular complexity index is 1000. The van der Waals surface area contributed by atoms with Crippen molar-refractivity contribution in [2.45, 2.75) is 25.6 Å². The number of aromatic nitrogens is 1. The van der Waals surface area contributed by atoms with Gasteiger partial charge in [-0.3, -0.25) is 9.78 Å². The number of nitrogens with zero attached hydrogens (tertiary/aromatic N) is 1. The first-order valence-corrected chi connectivity index (χ1v) is 9.73. The number of hydrogen-bond donors (Lipinski definition) is 1. The highest BCUT2D eigenvalue weighted by Crippen LogP contribution is 2.38. The maximum absolute atomic E-state index is 12.6. The summed E-state index contributed by atoms with van der Waals surface area (Å²) in [5.41, 5.74) is 4.99. The summed E-state index contributed by atoms with van der Waals surface area (Å²) in [4.78, 5) is 17.2. The van der Waals surface area contributed by atoms with Gasteiger partial charge in [0.25, 0.3) is 5.91 Å². The van der Waals surface area contributed by atoms with Crippen molar-refractivity contribution in [1.82, 2.24) is 10.3 Å². The summed E-state index contributed by atoms with van der Waals surface area (Å²) in [6.07, 6.45) is 1.79. The zero-order chi connectivity index (χ0) is 20.2. The Morgan fingerprint density at radius 1 is 1.17 bits per heavy atom. The first-order chi connectivity index (χ1) is 14.2. The number of hydrogen-bond acceptors (Lipinski definition) is 4. The number of amides is 1. The molecule has 148 valence electrons. The molecule has 0 saturated carbocycles. The van der Waals surface area contributed by atoms with E-state index < -0.39 is 6.10 Å². The Kier molecular flexibility index (Phi) is 5.58. The van der Waals surface area contributed by atoms with E-state index in [4.69, 9.17) is 9.47 Å². The molecule has 0 saturated heterocycles. The SMILES string of the molecule is CO[C@H](C(=O)NC[C@H]1Cc2cccc(-c3ncccc3C)c2O1)c1ccccc1. The smallest absolute Gasteiger partial charge is 0.253 e. The van der Waals surface area contributed by atoms with Gasteiger partial charge in [0.2, 0.25) is 0 Å². The summed E-state index contributed by atoms with van der Waals surface area (Å²) < 4.78 is 11.6. The molecule has 0 radical (unpaired) electrons. The predicted molar refractivity (Wildman–Crippen MR) is 112 cm³/mol. The minimum absolute atomic E-state index is 0.118. The van der Waals surface area contributed by atoms with Crippen LogP contribution in [0.2, 0.25) is 0 Å². The highest BCUT2D eigenvalue weighted by Gasteiger charge is 2.28. The van der Waals surface area contributed by atoms with Crippen molar-refractivity contribution in [3.05, 3.63) is 83.6 Å². The number of methoxy groups -OCH3 is 1. The highest BCUT2D eigenvalue weighted by molar-refractivity contribution is 5.82. The van der Waals surface area contributed by atoms with Crippen LogP contribution in [0.1, 0.15) is 22.8 Å². The third-order valence-electron chi connectivity index (χ3n) is 5.17. The van der Waals surface area contributed by atoms with Crippen LogP contribution in [0.5, 0.6) is 5.75 Å². The molecule has 4 rings (SSSR count). The van der Waals surface area contributed by atoms with Crippen molar-refractivity contribution < 1.29 is 14.3 Å². The fourth-order valence-electron chi connectivity index (χ4n) is 3.74. The van der Waals surface area contributed by atoms with Gasteiger partial charge in [-0.25, -0.2) is 0 Å². The molecule has 0 bridgehead atoms. The molecule has 1 aromatic heterocycles. The highest BCUT2D eigenvalue weighted by atomic mass is 16.5. The molecule has 0 fully saturated rings. The van der Waals surface area contributed by atoms with E-state index in [1.165, 1.54) is 0 Å². The maximum atomic E-state index is 12.6. The van der Waals surface area contributed by atoms with Crippen molar-refractivity contribution in [2.75, 3.05) is 13.7 Å². The number of rotatable bonds is 6. The van der Waals surface area contributed by atoms with Crippen LogP contribution in [0.15, 0.2) is 66.9 Å². The third kappa shape index (κ3) is 4.00. The standard InChI is InChI=1S/C24H24N2O3/c1-16-8-7-13-25-21(16)20-12-6-11-18-14-19(29-22(18)20)15-26-24(27)23(28-2)17-9-4-3-5-10-17/h3-13,19,23H,14-15H2,1-2H3,(H,26,27)/t19-,23+/m1/s1. The number of pyridine rings is 1. The van der Waals surface area contributed by atoms with Gasteiger partial charge in [0.05, 0.1) is 12.2 Å². The maximum Gasteiger partial charge on any atom is 0.253 e. The van der Waals surface area contributed by atoms with Crippen LogP contribution in [-0.4, -0.2) is 30.6 Å². The molecule has 1 N–H and O–H groups in total. The van der Waals surface area contributed by atoms with E-state index in [9.17, 15) is 4.79 Å². The van der Waals surface area contributed by atoms with Crippen LogP contribution in [-0.2, 0) is 16.0 Å². The number of benzene rings is 2. The second kappa shape index (κ2) is 8.45. The lowest BCUT2D eigenvalue weighted by molar-refractivity contribution is -0.131. The fourth-order valence-corrected chi connectivity index (χ4v) is 3.74. The van der Waals surface area contributed by atoms with Gasteiger partial charge in [0.1, 0.15) is 11.9 Å². The van der Waals surface area contributed by atoms with E-state index in [1.54, 1.807) is 13.3 Å². The first kappa shape index (κ1) is 19.2. The minimum atomic E-state index is -0.633. The molecule has 5 heteroatoms. The van der Waals surface area contributed by atoms with Gasteiger partial charge in [-0.2, -0.15) is 0 Å². The van der Waals surface area contributed by atoms with E-state index in [1.807, 2.05) is 61.5 Å². The zero-order valence-corrected chi connectivity index (χ0v) is 16.6. The van der Waals surface area contributed by atoms with Crippen molar-refractivity contribution in [3.63, 3.8) is 0 Å². The first-order valence-electron chi connectivity index (χ1n) is 9.73. The molecule has 5 nitrogen and oxygen atoms in total. The summed E-state index contributed by atoms with van der Waals surface area (Å²) in [7, 11) is 1.54. The van der Waals surface area contributed by atoms with Crippen LogP contribution in [0.4, 0.5) is 0 Å². The average Bonchev–Trinajstić information content (AvgIpc) is 3.17. The quantitative estimate of drug-likeness (QED) is 0.697. The van der Waals surface area contributed by atoms with E-state index in [0.717, 1.165) is 40.1 Å². The number of carbonyl (C=O) groups is 1. The topological polar surface area (TPSA) is 60.5 Å². The molecule has 1 aliphatic rings. The van der Waals surface area contributed by atoms with E-state index in [-0.39, 0.29) is 12.0 Å². The number of carbonyl (C=O) groups excluding carboxylic acids is 1. The van der Waals surface area contributed by atoms with Crippen molar-refractivity contribution in [1.29, 1.82) is 0 Å². The average molecular weight is 388 g/mol. The summed E-state index contributed by atoms with van der Waals surface area (Å²) in [6.45, 7) is 2.46. The van der Waals surface area contributed by atoms with Gasteiger partial charge >= 0.3 is 0 Å². The van der Waals surface area contributed by atoms with Gasteiger partial charge < -0.3 is 14.8 Å². The number of fused-ring (bicyclic) bond motifs is 1. The molecule has 1 aliphatic heterocycles. The molecule has 2 heterocycles. The van der Waals surface area contributed by atoms with Gasteiger partial charge in [-0.05, 0) is 35.7 Å². The molecule has 29 heavy (non-hydrogen) atoms. The summed E-state index contributed by atoms with van der Waals surface area (Å²) in [5, 5.41) is 2.98. The van der Waals surface area contributed by atoms with Crippen molar-refractivity contribution >= 4 is 5.91 Å². The predicted octanol–water partition coefficient (Wildman–Crippen LogP) is 3.86. The van der Waals surface area contributed by atoms with Crippen LogP contribution >= 0.6 is 0 Å². The van der Waals surface area contributed by atoms with E-state index >= 15 is 0 Å². The lowest BCUT2D eigenvalue weighted by Gasteiger charge is -2.18. The molecule has 0 spiro atoms. The van der Waals surface area contributed by atoms with Crippen molar-refractivity contribution in [2.24, 2.45) is 0 Å². The Morgan fingerprint density at radius 2 is 2.00 bits per heavy atom. The molecular formula is C24H24N2O3. The van der Waals surface area contributed by atoms with Crippen LogP contribution in [0.25, 0.3) is 11.3 Å². The Morgan fingerprint density at radius 3 is 2.76 bits per heavy atom. The summed E-state index contributed by atoms with van der Waals surface area (Å²) in [6, 6.07) is 19.6. The second-order valence-corrected chi connectivity index (χ2v) is 7.18. The molecular weight excluding hydrogens is 364 g/mol. The Labute approximate surface area is 170 Å². The van der Waals surface area contributed by atoms with Gasteiger partial charge in [-0.1, -0.05) is 48.5 Å².